The van der Waals surface area contributed by atoms with E-state index >= 15 is 0 Å². The molecule has 0 atom stereocenters. The van der Waals surface area contributed by atoms with Gasteiger partial charge < -0.3 is 5.32 Å². The highest BCUT2D eigenvalue weighted by molar-refractivity contribution is 5.74. The lowest BCUT2D eigenvalue weighted by molar-refractivity contribution is 0.248. The minimum atomic E-state index is -0.411. The smallest absolute Gasteiger partial charge is 0.335 e. The Morgan fingerprint density at radius 2 is 2.08 bits per heavy atom. The Labute approximate surface area is 76.7 Å². The molecule has 68 valence electrons. The Balaban J connectivity index is 2.54. The van der Waals surface area contributed by atoms with Gasteiger partial charge in [-0.05, 0) is 19.1 Å². The largest absolute Gasteiger partial charge is 0.359 e. The summed E-state index contributed by atoms with van der Waals surface area (Å²) in [6.45, 7) is 2.39. The van der Waals surface area contributed by atoms with Crippen LogP contribution in [0.2, 0.25) is 0 Å². The molecule has 0 radical (unpaired) electrons. The number of benzene rings is 1. The normalized spacial score (nSPS) is 10.2. The first-order chi connectivity index (χ1) is 6.33. The summed E-state index contributed by atoms with van der Waals surface area (Å²) in [5.74, 6) is 0. The third-order valence-electron chi connectivity index (χ3n) is 1.34. The van der Waals surface area contributed by atoms with Gasteiger partial charge in [-0.25, -0.2) is 4.79 Å². The lowest BCUT2D eigenvalue weighted by Crippen LogP contribution is -2.17. The number of hydrogen-bond acceptors (Lipinski definition) is 2. The van der Waals surface area contributed by atoms with Crippen LogP contribution >= 0.6 is 0 Å². The quantitative estimate of drug-likeness (QED) is 0.693. The van der Waals surface area contributed by atoms with Gasteiger partial charge in [0.1, 0.15) is 0 Å². The molecular formula is C9H11N3O. The van der Waals surface area contributed by atoms with Crippen LogP contribution in [0.1, 0.15) is 6.92 Å². The summed E-state index contributed by atoms with van der Waals surface area (Å²) in [6.07, 6.45) is 0. The SMILES string of the molecule is CCNC(=O)N=Nc1ccccc1. The van der Waals surface area contributed by atoms with Crippen LogP contribution < -0.4 is 5.32 Å². The number of azo groups is 1. The fraction of sp³-hybridized carbons (Fsp3) is 0.222. The molecule has 1 rings (SSSR count). The third kappa shape index (κ3) is 3.46. The molecule has 0 fully saturated rings. The van der Waals surface area contributed by atoms with Crippen LogP contribution in [0.3, 0.4) is 0 Å². The summed E-state index contributed by atoms with van der Waals surface area (Å²) in [4.78, 5) is 10.8. The van der Waals surface area contributed by atoms with Crippen LogP contribution in [0.5, 0.6) is 0 Å². The number of urea groups is 1. The van der Waals surface area contributed by atoms with Gasteiger partial charge in [0.15, 0.2) is 0 Å². The van der Waals surface area contributed by atoms with E-state index in [1.807, 2.05) is 25.1 Å². The molecule has 0 aliphatic heterocycles. The Morgan fingerprint density at radius 3 is 2.69 bits per heavy atom. The van der Waals surface area contributed by atoms with Gasteiger partial charge in [-0.3, -0.25) is 0 Å². The summed E-state index contributed by atoms with van der Waals surface area (Å²) >= 11 is 0. The summed E-state index contributed by atoms with van der Waals surface area (Å²) < 4.78 is 0. The average Bonchev–Trinajstić information content (AvgIpc) is 2.17. The van der Waals surface area contributed by atoms with Crippen LogP contribution in [0.15, 0.2) is 40.6 Å². The van der Waals surface area contributed by atoms with Gasteiger partial charge >= 0.3 is 6.03 Å². The molecule has 4 heteroatoms. The van der Waals surface area contributed by atoms with Crippen molar-refractivity contribution in [2.24, 2.45) is 10.2 Å². The number of amides is 2. The maximum absolute atomic E-state index is 10.8. The maximum atomic E-state index is 10.8. The summed E-state index contributed by atoms with van der Waals surface area (Å²) in [7, 11) is 0. The van der Waals surface area contributed by atoms with E-state index in [2.05, 4.69) is 15.5 Å². The topological polar surface area (TPSA) is 53.8 Å². The van der Waals surface area contributed by atoms with Crippen molar-refractivity contribution in [2.45, 2.75) is 6.92 Å². The van der Waals surface area contributed by atoms with Crippen molar-refractivity contribution in [1.29, 1.82) is 0 Å². The summed E-state index contributed by atoms with van der Waals surface area (Å²) in [5, 5.41) is 9.71. The zero-order valence-corrected chi connectivity index (χ0v) is 7.40. The van der Waals surface area contributed by atoms with Gasteiger partial charge in [-0.15, -0.1) is 5.11 Å². The Kier molecular flexibility index (Phi) is 3.63. The fourth-order valence-electron chi connectivity index (χ4n) is 0.784. The van der Waals surface area contributed by atoms with Gasteiger partial charge in [-0.2, -0.15) is 0 Å². The van der Waals surface area contributed by atoms with Crippen molar-refractivity contribution in [2.75, 3.05) is 6.54 Å². The van der Waals surface area contributed by atoms with E-state index < -0.39 is 6.03 Å². The molecule has 0 aliphatic carbocycles. The number of nitrogens with one attached hydrogen (secondary N) is 1. The van der Waals surface area contributed by atoms with Crippen molar-refractivity contribution in [3.8, 4) is 0 Å². The predicted molar refractivity (Wildman–Crippen MR) is 50.0 cm³/mol. The van der Waals surface area contributed by atoms with E-state index in [1.54, 1.807) is 12.1 Å². The molecule has 0 saturated carbocycles. The molecule has 1 N–H and O–H groups in total. The van der Waals surface area contributed by atoms with Crippen molar-refractivity contribution in [3.05, 3.63) is 30.3 Å². The number of hydrogen-bond donors (Lipinski definition) is 1. The molecule has 0 aliphatic rings. The first kappa shape index (κ1) is 9.38. The van der Waals surface area contributed by atoms with Gasteiger partial charge in [0.2, 0.25) is 0 Å². The molecule has 0 spiro atoms. The van der Waals surface area contributed by atoms with Crippen LogP contribution in [0, 0.1) is 0 Å². The number of nitrogens with zero attached hydrogens (tertiary/aromatic N) is 2. The van der Waals surface area contributed by atoms with Gasteiger partial charge in [0, 0.05) is 6.54 Å². The standard InChI is InChI=1S/C9H11N3O/c1-2-10-9(13)12-11-8-6-4-3-5-7-8/h3-7H,2H2,1H3,(H,10,13). The zero-order valence-electron chi connectivity index (χ0n) is 7.40. The number of carbonyl (C=O) groups excluding carboxylic acids is 1. The fourth-order valence-corrected chi connectivity index (χ4v) is 0.784. The highest BCUT2D eigenvalue weighted by Crippen LogP contribution is 2.09. The minimum absolute atomic E-state index is 0.411. The van der Waals surface area contributed by atoms with E-state index in [9.17, 15) is 4.79 Å². The Bertz CT molecular complexity index is 295. The molecule has 2 amide bonds. The van der Waals surface area contributed by atoms with E-state index in [0.717, 1.165) is 0 Å². The van der Waals surface area contributed by atoms with Crippen molar-refractivity contribution >= 4 is 11.7 Å². The van der Waals surface area contributed by atoms with Crippen LogP contribution in [0.25, 0.3) is 0 Å². The third-order valence-corrected chi connectivity index (χ3v) is 1.34. The molecule has 1 aromatic rings. The van der Waals surface area contributed by atoms with Crippen molar-refractivity contribution in [3.63, 3.8) is 0 Å². The highest BCUT2D eigenvalue weighted by atomic mass is 16.2. The first-order valence-electron chi connectivity index (χ1n) is 4.07. The van der Waals surface area contributed by atoms with Crippen LogP contribution in [0.4, 0.5) is 10.5 Å². The molecule has 13 heavy (non-hydrogen) atoms. The number of rotatable bonds is 2. The molecular weight excluding hydrogens is 166 g/mol. The second-order valence-electron chi connectivity index (χ2n) is 2.37. The second kappa shape index (κ2) is 5.03. The van der Waals surface area contributed by atoms with Gasteiger partial charge in [0.25, 0.3) is 0 Å². The average molecular weight is 177 g/mol. The predicted octanol–water partition coefficient (Wildman–Crippen LogP) is 2.50. The highest BCUT2D eigenvalue weighted by Gasteiger charge is 1.92. The molecule has 0 saturated heterocycles. The van der Waals surface area contributed by atoms with E-state index in [4.69, 9.17) is 0 Å². The molecule has 0 unspecified atom stereocenters. The Hall–Kier alpha value is -1.71. The molecule has 0 heterocycles. The van der Waals surface area contributed by atoms with Crippen molar-refractivity contribution < 1.29 is 4.79 Å². The lowest BCUT2D eigenvalue weighted by Gasteiger charge is -1.92. The minimum Gasteiger partial charge on any atom is -0.335 e. The summed E-state index contributed by atoms with van der Waals surface area (Å²) in [6, 6.07) is 8.71. The molecule has 1 aromatic carbocycles. The molecule has 4 nitrogen and oxygen atoms in total. The van der Waals surface area contributed by atoms with E-state index in [-0.39, 0.29) is 0 Å². The van der Waals surface area contributed by atoms with Gasteiger partial charge in [0.05, 0.1) is 5.69 Å². The van der Waals surface area contributed by atoms with E-state index in [1.165, 1.54) is 0 Å². The van der Waals surface area contributed by atoms with Crippen LogP contribution in [-0.2, 0) is 0 Å². The lowest BCUT2D eigenvalue weighted by atomic mass is 10.3. The number of carbonyl (C=O) groups is 1. The van der Waals surface area contributed by atoms with Crippen molar-refractivity contribution in [1.82, 2.24) is 5.32 Å². The van der Waals surface area contributed by atoms with Gasteiger partial charge in [-0.1, -0.05) is 23.3 Å². The maximum Gasteiger partial charge on any atom is 0.359 e. The van der Waals surface area contributed by atoms with E-state index in [0.29, 0.717) is 12.2 Å². The van der Waals surface area contributed by atoms with Crippen LogP contribution in [-0.4, -0.2) is 12.6 Å². The monoisotopic (exact) mass is 177 g/mol. The second-order valence-corrected chi connectivity index (χ2v) is 2.37. The summed E-state index contributed by atoms with van der Waals surface area (Å²) in [5.41, 5.74) is 0.675. The first-order valence-corrected chi connectivity index (χ1v) is 4.07. The zero-order chi connectivity index (χ0) is 9.52. The molecule has 0 bridgehead atoms. The molecule has 0 aromatic heterocycles. The Morgan fingerprint density at radius 1 is 1.38 bits per heavy atom.